The zero-order valence-electron chi connectivity index (χ0n) is 18.6. The highest BCUT2D eigenvalue weighted by atomic mass is 32.1. The number of benzene rings is 1. The van der Waals surface area contributed by atoms with E-state index in [-0.39, 0.29) is 11.8 Å². The second-order valence-corrected chi connectivity index (χ2v) is 10.1. The molecule has 1 aliphatic carbocycles. The lowest BCUT2D eigenvalue weighted by Gasteiger charge is -2.40. The largest absolute Gasteiger partial charge is 0.309 e. The number of likely N-dealkylation sites (N-methyl/N-ethyl adjacent to an activating group) is 1. The van der Waals surface area contributed by atoms with Crippen molar-refractivity contribution < 1.29 is 4.79 Å². The summed E-state index contributed by atoms with van der Waals surface area (Å²) >= 11 is 1.56. The van der Waals surface area contributed by atoms with Crippen LogP contribution >= 0.6 is 11.3 Å². The van der Waals surface area contributed by atoms with Crippen LogP contribution in [0.2, 0.25) is 0 Å². The molecule has 2 aromatic heterocycles. The summed E-state index contributed by atoms with van der Waals surface area (Å²) in [5, 5.41) is 22.6. The average molecular weight is 452 g/mol. The van der Waals surface area contributed by atoms with E-state index >= 15 is 0 Å². The number of carbonyl (C=O) groups is 1. The number of aryl methyl sites for hydroxylation is 1. The van der Waals surface area contributed by atoms with Crippen LogP contribution in [0.15, 0.2) is 24.3 Å². The Hall–Kier alpha value is -2.49. The van der Waals surface area contributed by atoms with Gasteiger partial charge in [-0.1, -0.05) is 11.3 Å². The summed E-state index contributed by atoms with van der Waals surface area (Å²) in [5.74, 6) is 0.618. The first-order valence-corrected chi connectivity index (χ1v) is 12.2. The molecule has 0 spiro atoms. The van der Waals surface area contributed by atoms with Gasteiger partial charge in [-0.2, -0.15) is 0 Å². The van der Waals surface area contributed by atoms with E-state index in [1.807, 2.05) is 31.2 Å². The first-order valence-electron chi connectivity index (χ1n) is 11.4. The lowest BCUT2D eigenvalue weighted by atomic mass is 9.84. The molecule has 3 aromatic rings. The van der Waals surface area contributed by atoms with E-state index < -0.39 is 0 Å². The topological polar surface area (TPSA) is 87.1 Å². The minimum atomic E-state index is 0.0481. The molecule has 1 N–H and O–H groups in total. The highest BCUT2D eigenvalue weighted by molar-refractivity contribution is 7.14. The quantitative estimate of drug-likeness (QED) is 0.652. The number of aromatic nitrogens is 4. The third-order valence-corrected chi connectivity index (χ3v) is 7.62. The Morgan fingerprint density at radius 1 is 1.00 bits per heavy atom. The Kier molecular flexibility index (Phi) is 6.12. The molecule has 8 nitrogen and oxygen atoms in total. The van der Waals surface area contributed by atoms with Crippen molar-refractivity contribution in [3.63, 3.8) is 0 Å². The molecule has 0 bridgehead atoms. The lowest BCUT2D eigenvalue weighted by Crippen LogP contribution is -2.50. The Labute approximate surface area is 192 Å². The van der Waals surface area contributed by atoms with Crippen molar-refractivity contribution in [3.05, 3.63) is 29.3 Å². The SMILES string of the molecule is Cc1nnc(-c2ccc3nnc(NC(=O)C4CCC(N5CCN(C)CC5)CC4)cc3c2)s1. The van der Waals surface area contributed by atoms with E-state index in [9.17, 15) is 4.79 Å². The van der Waals surface area contributed by atoms with Gasteiger partial charge in [0.2, 0.25) is 5.91 Å². The lowest BCUT2D eigenvalue weighted by molar-refractivity contribution is -0.121. The molecule has 32 heavy (non-hydrogen) atoms. The van der Waals surface area contributed by atoms with Crippen LogP contribution in [-0.2, 0) is 4.79 Å². The van der Waals surface area contributed by atoms with E-state index in [0.29, 0.717) is 11.9 Å². The number of piperazine rings is 1. The molecule has 1 aromatic carbocycles. The van der Waals surface area contributed by atoms with E-state index in [0.717, 1.165) is 78.3 Å². The minimum absolute atomic E-state index is 0.0481. The second-order valence-electron chi connectivity index (χ2n) is 8.96. The van der Waals surface area contributed by atoms with Crippen molar-refractivity contribution in [1.29, 1.82) is 0 Å². The average Bonchev–Trinajstić information content (AvgIpc) is 3.25. The minimum Gasteiger partial charge on any atom is -0.309 e. The van der Waals surface area contributed by atoms with Crippen LogP contribution in [0.3, 0.4) is 0 Å². The standard InChI is InChI=1S/C23H29N7OS/c1-15-25-28-23(32-15)17-5-8-20-18(13-17)14-21(27-26-20)24-22(31)16-3-6-19(7-4-16)30-11-9-29(2)10-12-30/h5,8,13-14,16,19H,3-4,6-7,9-12H2,1-2H3,(H,24,27,31). The van der Waals surface area contributed by atoms with Gasteiger partial charge in [-0.25, -0.2) is 0 Å². The molecule has 2 fully saturated rings. The maximum atomic E-state index is 12.9. The van der Waals surface area contributed by atoms with Crippen LogP contribution < -0.4 is 5.32 Å². The molecule has 2 aliphatic rings. The fraction of sp³-hybridized carbons (Fsp3) is 0.522. The molecule has 5 rings (SSSR count). The van der Waals surface area contributed by atoms with Crippen molar-refractivity contribution >= 4 is 34.0 Å². The zero-order chi connectivity index (χ0) is 22.1. The number of anilines is 1. The number of hydrogen-bond acceptors (Lipinski definition) is 8. The van der Waals surface area contributed by atoms with Crippen molar-refractivity contribution in [2.45, 2.75) is 38.6 Å². The van der Waals surface area contributed by atoms with Gasteiger partial charge in [0.15, 0.2) is 5.82 Å². The van der Waals surface area contributed by atoms with Crippen LogP contribution in [0.5, 0.6) is 0 Å². The highest BCUT2D eigenvalue weighted by Crippen LogP contribution is 2.30. The number of hydrogen-bond donors (Lipinski definition) is 1. The smallest absolute Gasteiger partial charge is 0.228 e. The number of amides is 1. The number of rotatable bonds is 4. The summed E-state index contributed by atoms with van der Waals surface area (Å²) in [5.41, 5.74) is 1.79. The fourth-order valence-electron chi connectivity index (χ4n) is 4.77. The summed E-state index contributed by atoms with van der Waals surface area (Å²) in [4.78, 5) is 17.9. The first kappa shape index (κ1) is 21.4. The van der Waals surface area contributed by atoms with Crippen LogP contribution in [0.1, 0.15) is 30.7 Å². The Morgan fingerprint density at radius 2 is 1.78 bits per heavy atom. The van der Waals surface area contributed by atoms with Crippen molar-refractivity contribution in [2.75, 3.05) is 38.5 Å². The van der Waals surface area contributed by atoms with Gasteiger partial charge in [-0.15, -0.1) is 20.4 Å². The number of nitrogens with one attached hydrogen (secondary N) is 1. The molecule has 1 saturated heterocycles. The van der Waals surface area contributed by atoms with Gasteiger partial charge in [-0.3, -0.25) is 9.69 Å². The summed E-state index contributed by atoms with van der Waals surface area (Å²) in [6, 6.07) is 8.46. The molecule has 168 valence electrons. The van der Waals surface area contributed by atoms with E-state index in [1.165, 1.54) is 0 Å². The van der Waals surface area contributed by atoms with E-state index in [2.05, 4.69) is 42.6 Å². The molecule has 0 unspecified atom stereocenters. The first-order chi connectivity index (χ1) is 15.5. The summed E-state index contributed by atoms with van der Waals surface area (Å²) in [6.45, 7) is 6.51. The highest BCUT2D eigenvalue weighted by Gasteiger charge is 2.30. The van der Waals surface area contributed by atoms with Crippen LogP contribution in [0, 0.1) is 12.8 Å². The van der Waals surface area contributed by atoms with Gasteiger partial charge in [0.1, 0.15) is 10.0 Å². The number of nitrogens with zero attached hydrogens (tertiary/aromatic N) is 6. The third-order valence-electron chi connectivity index (χ3n) is 6.73. The van der Waals surface area contributed by atoms with Crippen LogP contribution in [-0.4, -0.2) is 75.4 Å². The van der Waals surface area contributed by atoms with Gasteiger partial charge < -0.3 is 10.2 Å². The normalized spacial score (nSPS) is 22.8. The second kappa shape index (κ2) is 9.17. The van der Waals surface area contributed by atoms with E-state index in [4.69, 9.17) is 0 Å². The van der Waals surface area contributed by atoms with Crippen LogP contribution in [0.25, 0.3) is 21.5 Å². The van der Waals surface area contributed by atoms with Crippen molar-refractivity contribution in [3.8, 4) is 10.6 Å². The maximum Gasteiger partial charge on any atom is 0.228 e. The molecule has 0 radical (unpaired) electrons. The Morgan fingerprint density at radius 3 is 2.50 bits per heavy atom. The van der Waals surface area contributed by atoms with Crippen molar-refractivity contribution in [2.24, 2.45) is 5.92 Å². The van der Waals surface area contributed by atoms with Crippen molar-refractivity contribution in [1.82, 2.24) is 30.2 Å². The molecular formula is C23H29N7OS. The van der Waals surface area contributed by atoms with E-state index in [1.54, 1.807) is 11.3 Å². The maximum absolute atomic E-state index is 12.9. The zero-order valence-corrected chi connectivity index (χ0v) is 19.4. The summed E-state index contributed by atoms with van der Waals surface area (Å²) in [7, 11) is 2.19. The van der Waals surface area contributed by atoms with Gasteiger partial charge in [0, 0.05) is 49.1 Å². The molecule has 1 saturated carbocycles. The molecule has 1 aliphatic heterocycles. The van der Waals surface area contributed by atoms with Gasteiger partial charge in [-0.05, 0) is 63.9 Å². The predicted octanol–water partition coefficient (Wildman–Crippen LogP) is 3.20. The fourth-order valence-corrected chi connectivity index (χ4v) is 5.46. The molecular weight excluding hydrogens is 422 g/mol. The Bertz CT molecular complexity index is 1100. The number of fused-ring (bicyclic) bond motifs is 1. The monoisotopic (exact) mass is 451 g/mol. The van der Waals surface area contributed by atoms with Gasteiger partial charge in [0.25, 0.3) is 0 Å². The number of carbonyl (C=O) groups excluding carboxylic acids is 1. The molecule has 3 heterocycles. The molecule has 9 heteroatoms. The van der Waals surface area contributed by atoms with Gasteiger partial charge >= 0.3 is 0 Å². The van der Waals surface area contributed by atoms with Crippen LogP contribution in [0.4, 0.5) is 5.82 Å². The summed E-state index contributed by atoms with van der Waals surface area (Å²) in [6.07, 6.45) is 4.06. The summed E-state index contributed by atoms with van der Waals surface area (Å²) < 4.78 is 0. The third kappa shape index (κ3) is 4.65. The predicted molar refractivity (Wildman–Crippen MR) is 127 cm³/mol. The molecule has 1 amide bonds. The van der Waals surface area contributed by atoms with Gasteiger partial charge in [0.05, 0.1) is 5.52 Å². The Balaban J connectivity index is 1.22. The molecule has 0 atom stereocenters.